The van der Waals surface area contributed by atoms with E-state index in [1.165, 1.54) is 0 Å². The topological polar surface area (TPSA) is 89.8 Å². The number of hydrogen-bond donors (Lipinski definition) is 1. The van der Waals surface area contributed by atoms with Crippen molar-refractivity contribution >= 4 is 21.4 Å². The number of imidazole rings is 1. The van der Waals surface area contributed by atoms with E-state index in [4.69, 9.17) is 4.74 Å². The first-order valence-electron chi connectivity index (χ1n) is 8.02. The molecule has 0 unspecified atom stereocenters. The van der Waals surface area contributed by atoms with Gasteiger partial charge in [-0.05, 0) is 30.3 Å². The Hall–Kier alpha value is -2.87. The second-order valence-corrected chi connectivity index (χ2v) is 8.16. The molecule has 2 heterocycles. The number of nitrogens with zero attached hydrogens (tertiary/aromatic N) is 2. The Labute approximate surface area is 151 Å². The lowest BCUT2D eigenvalue weighted by Gasteiger charge is -2.07. The summed E-state index contributed by atoms with van der Waals surface area (Å²) in [5.74, 6) is 0.104. The normalized spacial score (nSPS) is 11.4. The summed E-state index contributed by atoms with van der Waals surface area (Å²) in [7, 11) is -3.11. The number of benzene rings is 1. The maximum absolute atomic E-state index is 12.1. The minimum atomic E-state index is -3.11. The van der Waals surface area contributed by atoms with Crippen LogP contribution in [0.15, 0.2) is 54.9 Å². The second-order valence-electron chi connectivity index (χ2n) is 5.90. The predicted octanol–water partition coefficient (Wildman–Crippen LogP) is 1.69. The Kier molecular flexibility index (Phi) is 5.22. The number of ether oxygens (including phenoxy) is 1. The highest BCUT2D eigenvalue weighted by Crippen LogP contribution is 2.15. The van der Waals surface area contributed by atoms with Gasteiger partial charge >= 0.3 is 0 Å². The van der Waals surface area contributed by atoms with Gasteiger partial charge in [0.15, 0.2) is 0 Å². The molecule has 136 valence electrons. The van der Waals surface area contributed by atoms with Crippen LogP contribution < -0.4 is 10.1 Å². The van der Waals surface area contributed by atoms with Gasteiger partial charge in [0.05, 0.1) is 11.4 Å². The number of nitrogens with one attached hydrogen (secondary N) is 1. The molecule has 0 aliphatic heterocycles. The van der Waals surface area contributed by atoms with Crippen LogP contribution in [-0.2, 0) is 16.4 Å². The standard InChI is InChI=1S/C18H19N3O4S/c1-26(23,24)10-8-19-18(22)14-5-4-6-16(11-14)25-13-15-12-21-9-3-2-7-17(21)20-15/h2-7,9,11-12H,8,10,13H2,1H3,(H,19,22). The summed E-state index contributed by atoms with van der Waals surface area (Å²) in [5.41, 5.74) is 2.02. The molecule has 8 heteroatoms. The average Bonchev–Trinajstić information content (AvgIpc) is 3.02. The fourth-order valence-corrected chi connectivity index (χ4v) is 2.87. The summed E-state index contributed by atoms with van der Waals surface area (Å²) < 4.78 is 29.8. The van der Waals surface area contributed by atoms with E-state index in [0.717, 1.165) is 17.6 Å². The third-order valence-electron chi connectivity index (χ3n) is 3.66. The molecule has 0 saturated heterocycles. The summed E-state index contributed by atoms with van der Waals surface area (Å²) in [5, 5.41) is 2.58. The fourth-order valence-electron chi connectivity index (χ4n) is 2.39. The molecular formula is C18H19N3O4S. The maximum atomic E-state index is 12.1. The minimum absolute atomic E-state index is 0.0734. The monoisotopic (exact) mass is 373 g/mol. The van der Waals surface area contributed by atoms with Crippen molar-refractivity contribution in [1.82, 2.24) is 14.7 Å². The van der Waals surface area contributed by atoms with Crippen LogP contribution in [0.4, 0.5) is 0 Å². The SMILES string of the molecule is CS(=O)(=O)CCNC(=O)c1cccc(OCc2cn3ccccc3n2)c1. The van der Waals surface area contributed by atoms with Crippen molar-refractivity contribution in [2.75, 3.05) is 18.6 Å². The van der Waals surface area contributed by atoms with Crippen molar-refractivity contribution < 1.29 is 17.9 Å². The van der Waals surface area contributed by atoms with Crippen LogP contribution in [0, 0.1) is 0 Å². The lowest BCUT2D eigenvalue weighted by molar-refractivity contribution is 0.0955. The number of sulfone groups is 1. The Balaban J connectivity index is 1.60. The molecular weight excluding hydrogens is 354 g/mol. The van der Waals surface area contributed by atoms with Gasteiger partial charge in [0.1, 0.15) is 27.8 Å². The molecule has 0 aliphatic rings. The predicted molar refractivity (Wildman–Crippen MR) is 98.0 cm³/mol. The summed E-state index contributed by atoms with van der Waals surface area (Å²) >= 11 is 0. The summed E-state index contributed by atoms with van der Waals surface area (Å²) in [6.45, 7) is 0.352. The molecule has 3 rings (SSSR count). The molecule has 7 nitrogen and oxygen atoms in total. The number of aromatic nitrogens is 2. The summed E-state index contributed by atoms with van der Waals surface area (Å²) in [6, 6.07) is 12.5. The van der Waals surface area contributed by atoms with Crippen LogP contribution in [0.3, 0.4) is 0 Å². The minimum Gasteiger partial charge on any atom is -0.487 e. The molecule has 3 aromatic rings. The highest BCUT2D eigenvalue weighted by molar-refractivity contribution is 7.90. The second kappa shape index (κ2) is 7.57. The van der Waals surface area contributed by atoms with E-state index >= 15 is 0 Å². The smallest absolute Gasteiger partial charge is 0.251 e. The van der Waals surface area contributed by atoms with Crippen LogP contribution >= 0.6 is 0 Å². The average molecular weight is 373 g/mol. The Bertz CT molecular complexity index is 995. The molecule has 1 N–H and O–H groups in total. The first kappa shape index (κ1) is 17.9. The van der Waals surface area contributed by atoms with E-state index in [-0.39, 0.29) is 24.8 Å². The van der Waals surface area contributed by atoms with E-state index < -0.39 is 9.84 Å². The van der Waals surface area contributed by atoms with Crippen molar-refractivity contribution in [2.45, 2.75) is 6.61 Å². The molecule has 0 fully saturated rings. The molecule has 1 amide bonds. The van der Waals surface area contributed by atoms with Crippen molar-refractivity contribution in [2.24, 2.45) is 0 Å². The third-order valence-corrected chi connectivity index (χ3v) is 4.60. The van der Waals surface area contributed by atoms with Gasteiger partial charge in [-0.25, -0.2) is 13.4 Å². The largest absolute Gasteiger partial charge is 0.487 e. The number of hydrogen-bond acceptors (Lipinski definition) is 5. The summed E-state index contributed by atoms with van der Waals surface area (Å²) in [6.07, 6.45) is 4.93. The van der Waals surface area contributed by atoms with E-state index in [1.807, 2.05) is 35.0 Å². The zero-order valence-corrected chi connectivity index (χ0v) is 15.1. The molecule has 2 aromatic heterocycles. The van der Waals surface area contributed by atoms with Crippen LogP contribution in [0.25, 0.3) is 5.65 Å². The molecule has 0 saturated carbocycles. The van der Waals surface area contributed by atoms with Crippen molar-refractivity contribution in [3.8, 4) is 5.75 Å². The number of pyridine rings is 1. The molecule has 26 heavy (non-hydrogen) atoms. The Morgan fingerprint density at radius 1 is 1.23 bits per heavy atom. The number of carbonyl (C=O) groups is 1. The van der Waals surface area contributed by atoms with Gasteiger partial charge < -0.3 is 14.5 Å². The Morgan fingerprint density at radius 2 is 2.08 bits per heavy atom. The van der Waals surface area contributed by atoms with Crippen LogP contribution in [-0.4, -0.2) is 42.3 Å². The number of amides is 1. The molecule has 0 bridgehead atoms. The molecule has 0 radical (unpaired) electrons. The Morgan fingerprint density at radius 3 is 2.85 bits per heavy atom. The van der Waals surface area contributed by atoms with Crippen LogP contribution in [0.2, 0.25) is 0 Å². The van der Waals surface area contributed by atoms with E-state index in [1.54, 1.807) is 24.3 Å². The zero-order chi connectivity index (χ0) is 18.6. The third kappa shape index (κ3) is 4.82. The van der Waals surface area contributed by atoms with Crippen molar-refractivity contribution in [3.05, 3.63) is 66.1 Å². The lowest BCUT2D eigenvalue weighted by atomic mass is 10.2. The van der Waals surface area contributed by atoms with Gasteiger partial charge in [0.2, 0.25) is 0 Å². The number of carbonyl (C=O) groups excluding carboxylic acids is 1. The molecule has 1 aromatic carbocycles. The van der Waals surface area contributed by atoms with Gasteiger partial charge in [-0.1, -0.05) is 12.1 Å². The zero-order valence-electron chi connectivity index (χ0n) is 14.3. The van der Waals surface area contributed by atoms with E-state index in [9.17, 15) is 13.2 Å². The van der Waals surface area contributed by atoms with Crippen LogP contribution in [0.5, 0.6) is 5.75 Å². The van der Waals surface area contributed by atoms with E-state index in [2.05, 4.69) is 10.3 Å². The first-order valence-corrected chi connectivity index (χ1v) is 10.1. The quantitative estimate of drug-likeness (QED) is 0.681. The lowest BCUT2D eigenvalue weighted by Crippen LogP contribution is -2.28. The van der Waals surface area contributed by atoms with Gasteiger partial charge in [-0.2, -0.15) is 0 Å². The highest BCUT2D eigenvalue weighted by Gasteiger charge is 2.09. The number of fused-ring (bicyclic) bond motifs is 1. The molecule has 0 aliphatic carbocycles. The fraction of sp³-hybridized carbons (Fsp3) is 0.222. The van der Waals surface area contributed by atoms with E-state index in [0.29, 0.717) is 11.3 Å². The van der Waals surface area contributed by atoms with Crippen LogP contribution in [0.1, 0.15) is 16.1 Å². The maximum Gasteiger partial charge on any atom is 0.251 e. The molecule has 0 spiro atoms. The summed E-state index contributed by atoms with van der Waals surface area (Å²) in [4.78, 5) is 16.5. The van der Waals surface area contributed by atoms with Crippen molar-refractivity contribution in [3.63, 3.8) is 0 Å². The number of rotatable bonds is 7. The van der Waals surface area contributed by atoms with Gasteiger partial charge in [-0.15, -0.1) is 0 Å². The van der Waals surface area contributed by atoms with Gasteiger partial charge in [0.25, 0.3) is 5.91 Å². The highest BCUT2D eigenvalue weighted by atomic mass is 32.2. The van der Waals surface area contributed by atoms with Gasteiger partial charge in [0, 0.05) is 30.8 Å². The molecule has 0 atom stereocenters. The van der Waals surface area contributed by atoms with Crippen molar-refractivity contribution in [1.29, 1.82) is 0 Å². The van der Waals surface area contributed by atoms with Gasteiger partial charge in [-0.3, -0.25) is 4.79 Å². The first-order chi connectivity index (χ1) is 12.4.